The number of likely N-dealkylation sites (N-methyl/N-ethyl adjacent to an activating group) is 1. The minimum absolute atomic E-state index is 0.0902. The molecule has 92 valence electrons. The number of carbonyl (C=O) groups is 1. The predicted octanol–water partition coefficient (Wildman–Crippen LogP) is -0.404. The molecule has 3 N–H and O–H groups in total. The number of nitrogens with one attached hydrogen (secondary N) is 2. The van der Waals surface area contributed by atoms with E-state index in [-0.39, 0.29) is 30.2 Å². The molecule has 0 spiro atoms. The number of ether oxygens (including phenoxy) is 1. The fourth-order valence-electron chi connectivity index (χ4n) is 2.76. The second kappa shape index (κ2) is 3.98. The van der Waals surface area contributed by atoms with E-state index >= 15 is 0 Å². The second-order valence-electron chi connectivity index (χ2n) is 4.77. The smallest absolute Gasteiger partial charge is 0.217 e. The Morgan fingerprint density at radius 3 is 2.81 bits per heavy atom. The lowest BCUT2D eigenvalue weighted by Crippen LogP contribution is -2.62. The predicted molar refractivity (Wildman–Crippen MR) is 58.7 cm³/mol. The molecule has 0 aromatic carbocycles. The van der Waals surface area contributed by atoms with Gasteiger partial charge in [-0.2, -0.15) is 0 Å². The van der Waals surface area contributed by atoms with Gasteiger partial charge in [0.15, 0.2) is 0 Å². The Kier molecular flexibility index (Phi) is 2.94. The summed E-state index contributed by atoms with van der Waals surface area (Å²) in [7, 11) is 1.78. The number of rotatable bonds is 3. The Morgan fingerprint density at radius 2 is 2.31 bits per heavy atom. The molecule has 2 fully saturated rings. The summed E-state index contributed by atoms with van der Waals surface area (Å²) >= 11 is 0. The van der Waals surface area contributed by atoms with Crippen molar-refractivity contribution in [2.75, 3.05) is 7.05 Å². The van der Waals surface area contributed by atoms with E-state index in [0.29, 0.717) is 6.42 Å². The number of fused-ring (bicyclic) bond motifs is 1. The molecule has 3 unspecified atom stereocenters. The van der Waals surface area contributed by atoms with Crippen LogP contribution in [0.3, 0.4) is 0 Å². The SMILES string of the molecule is CCC1O[C@@H](NC)C(NC(C)=O)[C@]2(O)CC12. The first kappa shape index (κ1) is 11.8. The van der Waals surface area contributed by atoms with Crippen molar-refractivity contribution in [2.45, 2.75) is 50.7 Å². The van der Waals surface area contributed by atoms with E-state index < -0.39 is 5.60 Å². The molecule has 5 nitrogen and oxygen atoms in total. The van der Waals surface area contributed by atoms with Crippen LogP contribution in [0.25, 0.3) is 0 Å². The number of hydrogen-bond acceptors (Lipinski definition) is 4. The number of aliphatic hydroxyl groups is 1. The molecule has 1 aliphatic carbocycles. The summed E-state index contributed by atoms with van der Waals surface area (Å²) < 4.78 is 5.83. The summed E-state index contributed by atoms with van der Waals surface area (Å²) in [6.45, 7) is 3.51. The maximum absolute atomic E-state index is 11.1. The zero-order chi connectivity index (χ0) is 11.9. The van der Waals surface area contributed by atoms with E-state index in [1.54, 1.807) is 7.05 Å². The van der Waals surface area contributed by atoms with Gasteiger partial charge < -0.3 is 15.2 Å². The quantitative estimate of drug-likeness (QED) is 0.614. The average Bonchev–Trinajstić information content (AvgIpc) is 2.92. The lowest BCUT2D eigenvalue weighted by molar-refractivity contribution is -0.144. The summed E-state index contributed by atoms with van der Waals surface area (Å²) in [5, 5.41) is 16.2. The van der Waals surface area contributed by atoms with E-state index in [1.807, 2.05) is 0 Å². The Balaban J connectivity index is 2.14. The van der Waals surface area contributed by atoms with Crippen LogP contribution in [0.1, 0.15) is 26.7 Å². The van der Waals surface area contributed by atoms with Gasteiger partial charge in [-0.15, -0.1) is 0 Å². The molecule has 1 saturated carbocycles. The van der Waals surface area contributed by atoms with Crippen molar-refractivity contribution in [1.82, 2.24) is 10.6 Å². The Morgan fingerprint density at radius 1 is 1.62 bits per heavy atom. The van der Waals surface area contributed by atoms with E-state index in [9.17, 15) is 9.90 Å². The molecular formula is C11H20N2O3. The maximum atomic E-state index is 11.1. The van der Waals surface area contributed by atoms with Crippen molar-refractivity contribution in [3.05, 3.63) is 0 Å². The average molecular weight is 228 g/mol. The van der Waals surface area contributed by atoms with Gasteiger partial charge in [0, 0.05) is 12.8 Å². The standard InChI is InChI=1S/C11H20N2O3/c1-4-8-7-5-11(7,15)9(13-6(2)14)10(12-3)16-8/h7-10,12,15H,4-5H2,1-3H3,(H,13,14)/t7?,8?,9?,10-,11+/m1/s1. The lowest BCUT2D eigenvalue weighted by Gasteiger charge is -2.39. The largest absolute Gasteiger partial charge is 0.387 e. The van der Waals surface area contributed by atoms with Crippen LogP contribution >= 0.6 is 0 Å². The molecule has 2 rings (SSSR count). The van der Waals surface area contributed by atoms with Crippen molar-refractivity contribution >= 4 is 5.91 Å². The Hall–Kier alpha value is -0.650. The number of carbonyl (C=O) groups excluding carboxylic acids is 1. The summed E-state index contributed by atoms with van der Waals surface area (Å²) in [5.74, 6) is 0.0295. The maximum Gasteiger partial charge on any atom is 0.217 e. The van der Waals surface area contributed by atoms with E-state index in [0.717, 1.165) is 6.42 Å². The summed E-state index contributed by atoms with van der Waals surface area (Å²) in [6, 6.07) is -0.345. The molecule has 5 heteroatoms. The zero-order valence-corrected chi connectivity index (χ0v) is 9.99. The van der Waals surface area contributed by atoms with Crippen LogP contribution in [0.5, 0.6) is 0 Å². The van der Waals surface area contributed by atoms with Crippen LogP contribution in [0, 0.1) is 5.92 Å². The molecule has 1 saturated heterocycles. The van der Waals surface area contributed by atoms with Gasteiger partial charge in [-0.25, -0.2) is 0 Å². The van der Waals surface area contributed by atoms with Gasteiger partial charge in [-0.1, -0.05) is 6.92 Å². The third-order valence-corrected chi connectivity index (χ3v) is 3.69. The lowest BCUT2D eigenvalue weighted by atomic mass is 9.97. The van der Waals surface area contributed by atoms with Gasteiger partial charge in [0.1, 0.15) is 6.23 Å². The highest BCUT2D eigenvalue weighted by Crippen LogP contribution is 2.54. The Labute approximate surface area is 95.5 Å². The number of hydrogen-bond donors (Lipinski definition) is 3. The monoisotopic (exact) mass is 228 g/mol. The Bertz CT molecular complexity index is 297. The van der Waals surface area contributed by atoms with Gasteiger partial charge in [0.2, 0.25) is 5.91 Å². The fraction of sp³-hybridized carbons (Fsp3) is 0.909. The van der Waals surface area contributed by atoms with Gasteiger partial charge in [0.05, 0.1) is 17.7 Å². The van der Waals surface area contributed by atoms with Crippen molar-refractivity contribution in [3.63, 3.8) is 0 Å². The molecule has 0 bridgehead atoms. The molecule has 0 aromatic rings. The minimum Gasteiger partial charge on any atom is -0.387 e. The normalized spacial score (nSPS) is 46.0. The zero-order valence-electron chi connectivity index (χ0n) is 9.99. The molecule has 0 radical (unpaired) electrons. The molecule has 1 amide bonds. The highest BCUT2D eigenvalue weighted by molar-refractivity contribution is 5.73. The van der Waals surface area contributed by atoms with Gasteiger partial charge in [0.25, 0.3) is 0 Å². The summed E-state index contributed by atoms with van der Waals surface area (Å²) in [6.07, 6.45) is 1.39. The molecule has 5 atom stereocenters. The first-order valence-corrected chi connectivity index (χ1v) is 5.85. The molecular weight excluding hydrogens is 208 g/mol. The van der Waals surface area contributed by atoms with Crippen LogP contribution in [0.15, 0.2) is 0 Å². The van der Waals surface area contributed by atoms with Crippen molar-refractivity contribution in [1.29, 1.82) is 0 Å². The van der Waals surface area contributed by atoms with Gasteiger partial charge in [-0.05, 0) is 19.9 Å². The highest BCUT2D eigenvalue weighted by Gasteiger charge is 2.66. The van der Waals surface area contributed by atoms with Crippen LogP contribution < -0.4 is 10.6 Å². The van der Waals surface area contributed by atoms with Crippen LogP contribution in [-0.4, -0.2) is 42.0 Å². The van der Waals surface area contributed by atoms with Crippen molar-refractivity contribution in [3.8, 4) is 0 Å². The fourth-order valence-corrected chi connectivity index (χ4v) is 2.76. The van der Waals surface area contributed by atoms with E-state index in [2.05, 4.69) is 17.6 Å². The van der Waals surface area contributed by atoms with Crippen molar-refractivity contribution < 1.29 is 14.6 Å². The van der Waals surface area contributed by atoms with Crippen LogP contribution in [0.4, 0.5) is 0 Å². The topological polar surface area (TPSA) is 70.6 Å². The summed E-state index contributed by atoms with van der Waals surface area (Å²) in [4.78, 5) is 11.1. The second-order valence-corrected chi connectivity index (χ2v) is 4.77. The molecule has 1 heterocycles. The summed E-state index contributed by atoms with van der Waals surface area (Å²) in [5.41, 5.74) is -0.779. The molecule has 2 aliphatic rings. The van der Waals surface area contributed by atoms with Gasteiger partial charge in [-0.3, -0.25) is 10.1 Å². The van der Waals surface area contributed by atoms with Crippen LogP contribution in [0.2, 0.25) is 0 Å². The van der Waals surface area contributed by atoms with E-state index in [1.165, 1.54) is 6.92 Å². The third-order valence-electron chi connectivity index (χ3n) is 3.69. The van der Waals surface area contributed by atoms with E-state index in [4.69, 9.17) is 4.74 Å². The first-order chi connectivity index (χ1) is 7.52. The molecule has 0 aromatic heterocycles. The molecule has 1 aliphatic heterocycles. The van der Waals surface area contributed by atoms with Gasteiger partial charge >= 0.3 is 0 Å². The highest BCUT2D eigenvalue weighted by atomic mass is 16.5. The number of amides is 1. The third kappa shape index (κ3) is 1.73. The molecule has 16 heavy (non-hydrogen) atoms. The van der Waals surface area contributed by atoms with Crippen molar-refractivity contribution in [2.24, 2.45) is 5.92 Å². The van der Waals surface area contributed by atoms with Crippen LogP contribution in [-0.2, 0) is 9.53 Å². The first-order valence-electron chi connectivity index (χ1n) is 5.85. The minimum atomic E-state index is -0.779.